The number of amides is 1. The zero-order valence-electron chi connectivity index (χ0n) is 19.3. The fourth-order valence-corrected chi connectivity index (χ4v) is 4.30. The molecule has 1 fully saturated rings. The molecule has 0 radical (unpaired) electrons. The van der Waals surface area contributed by atoms with Gasteiger partial charge in [0.2, 0.25) is 5.56 Å². The first kappa shape index (κ1) is 23.4. The number of nitrogens with one attached hydrogen (secondary N) is 2. The molecule has 3 aromatic rings. The number of aromatic nitrogens is 1. The Kier molecular flexibility index (Phi) is 6.93. The molecule has 0 saturated carbocycles. The van der Waals surface area contributed by atoms with Gasteiger partial charge in [0.05, 0.1) is 5.69 Å². The molecule has 2 heterocycles. The third-order valence-electron chi connectivity index (χ3n) is 6.26. The molecule has 176 valence electrons. The van der Waals surface area contributed by atoms with Gasteiger partial charge in [-0.15, -0.1) is 0 Å². The third-order valence-corrected chi connectivity index (χ3v) is 6.26. The zero-order valence-corrected chi connectivity index (χ0v) is 19.3. The number of H-pyrrole nitrogens is 1. The first-order chi connectivity index (χ1) is 16.3. The van der Waals surface area contributed by atoms with E-state index in [-0.39, 0.29) is 16.9 Å². The third kappa shape index (κ3) is 5.26. The summed E-state index contributed by atoms with van der Waals surface area (Å²) in [6.07, 6.45) is 5.00. The van der Waals surface area contributed by atoms with Gasteiger partial charge in [0.1, 0.15) is 5.82 Å². The maximum atomic E-state index is 14.9. The molecule has 0 bridgehead atoms. The number of anilines is 2. The average molecular weight is 461 g/mol. The molecular formula is C27H29FN4O2. The van der Waals surface area contributed by atoms with Gasteiger partial charge in [-0.25, -0.2) is 4.39 Å². The number of likely N-dealkylation sites (tertiary alicyclic amines) is 1. The largest absolute Gasteiger partial charge is 0.398 e. The van der Waals surface area contributed by atoms with Gasteiger partial charge in [-0.2, -0.15) is 0 Å². The molecule has 2 aromatic carbocycles. The van der Waals surface area contributed by atoms with E-state index < -0.39 is 5.91 Å². The van der Waals surface area contributed by atoms with E-state index in [0.29, 0.717) is 29.0 Å². The van der Waals surface area contributed by atoms with E-state index in [2.05, 4.69) is 21.8 Å². The predicted octanol–water partition coefficient (Wildman–Crippen LogP) is 4.71. The molecule has 0 atom stereocenters. The molecule has 1 aliphatic heterocycles. The molecule has 1 saturated heterocycles. The molecular weight excluding hydrogens is 431 g/mol. The van der Waals surface area contributed by atoms with Crippen molar-refractivity contribution in [2.24, 2.45) is 0 Å². The quantitative estimate of drug-likeness (QED) is 0.367. The van der Waals surface area contributed by atoms with Gasteiger partial charge in [0.25, 0.3) is 5.91 Å². The summed E-state index contributed by atoms with van der Waals surface area (Å²) in [7, 11) is 0. The van der Waals surface area contributed by atoms with E-state index in [0.717, 1.165) is 29.8 Å². The summed E-state index contributed by atoms with van der Waals surface area (Å²) in [4.78, 5) is 28.9. The van der Waals surface area contributed by atoms with Crippen molar-refractivity contribution in [3.05, 3.63) is 88.1 Å². The van der Waals surface area contributed by atoms with Crippen LogP contribution >= 0.6 is 0 Å². The lowest BCUT2D eigenvalue weighted by Crippen LogP contribution is -2.29. The van der Waals surface area contributed by atoms with Crippen LogP contribution in [0, 0.1) is 12.7 Å². The van der Waals surface area contributed by atoms with Crippen LogP contribution < -0.4 is 16.6 Å². The van der Waals surface area contributed by atoms with Gasteiger partial charge >= 0.3 is 0 Å². The highest BCUT2D eigenvalue weighted by Gasteiger charge is 2.17. The second-order valence-corrected chi connectivity index (χ2v) is 8.76. The number of carbonyl (C=O) groups is 1. The molecule has 1 amide bonds. The first-order valence-electron chi connectivity index (χ1n) is 11.4. The lowest BCUT2D eigenvalue weighted by Gasteiger charge is -2.26. The van der Waals surface area contributed by atoms with E-state index in [4.69, 9.17) is 5.73 Å². The van der Waals surface area contributed by atoms with Crippen LogP contribution in [0.3, 0.4) is 0 Å². The number of aromatic amines is 1. The molecule has 4 N–H and O–H groups in total. The number of hydrogen-bond donors (Lipinski definition) is 3. The smallest absolute Gasteiger partial charge is 0.255 e. The van der Waals surface area contributed by atoms with E-state index in [1.165, 1.54) is 37.6 Å². The Morgan fingerprint density at radius 1 is 1.15 bits per heavy atom. The summed E-state index contributed by atoms with van der Waals surface area (Å²) in [5.74, 6) is -0.699. The Hall–Kier alpha value is -3.71. The summed E-state index contributed by atoms with van der Waals surface area (Å²) in [5.41, 5.74) is 10.4. The zero-order chi connectivity index (χ0) is 24.2. The Bertz CT molecular complexity index is 1270. The van der Waals surface area contributed by atoms with Gasteiger partial charge < -0.3 is 16.0 Å². The molecule has 7 heteroatoms. The van der Waals surface area contributed by atoms with Crippen LogP contribution in [0.2, 0.25) is 0 Å². The van der Waals surface area contributed by atoms with Crippen molar-refractivity contribution in [2.75, 3.05) is 24.1 Å². The van der Waals surface area contributed by atoms with Crippen LogP contribution in [0.25, 0.3) is 16.7 Å². The number of halogens is 1. The van der Waals surface area contributed by atoms with Crippen molar-refractivity contribution < 1.29 is 9.18 Å². The maximum absolute atomic E-state index is 14.9. The van der Waals surface area contributed by atoms with Gasteiger partial charge in [0, 0.05) is 35.6 Å². The normalized spacial score (nSPS) is 14.1. The molecule has 0 aliphatic carbocycles. The lowest BCUT2D eigenvalue weighted by molar-refractivity contribution is -0.111. The predicted molar refractivity (Wildman–Crippen MR) is 135 cm³/mol. The summed E-state index contributed by atoms with van der Waals surface area (Å²) >= 11 is 0. The summed E-state index contributed by atoms with van der Waals surface area (Å²) in [6.45, 7) is 8.44. The monoisotopic (exact) mass is 460 g/mol. The number of piperidine rings is 1. The van der Waals surface area contributed by atoms with Crippen LogP contribution in [0.5, 0.6) is 0 Å². The number of benzene rings is 2. The Morgan fingerprint density at radius 2 is 1.91 bits per heavy atom. The van der Waals surface area contributed by atoms with Crippen LogP contribution in [-0.2, 0) is 11.3 Å². The van der Waals surface area contributed by atoms with Crippen LogP contribution in [0.1, 0.15) is 36.0 Å². The highest BCUT2D eigenvalue weighted by molar-refractivity contribution is 6.25. The van der Waals surface area contributed by atoms with Gasteiger partial charge in [-0.05, 0) is 85.4 Å². The minimum Gasteiger partial charge on any atom is -0.398 e. The molecule has 1 aliphatic rings. The Labute approximate surface area is 198 Å². The standard InChI is InChI=1S/C27H29FN4O2/c1-17-22(12-19(13-24(17)28)16-32-10-4-3-5-11-32)20-6-8-25(29)23(14-20)18(2)27(34)31-21-7-9-26(33)30-15-21/h6-9,12-15H,2-5,10-11,16,29H2,1H3,(H,30,33)(H,31,34). The number of rotatable bonds is 6. The Morgan fingerprint density at radius 3 is 2.62 bits per heavy atom. The van der Waals surface area contributed by atoms with Gasteiger partial charge in [-0.1, -0.05) is 19.1 Å². The molecule has 34 heavy (non-hydrogen) atoms. The molecule has 0 unspecified atom stereocenters. The SMILES string of the molecule is C=C(C(=O)Nc1ccc(=O)[nH]c1)c1cc(-c2cc(CN3CCCCC3)cc(F)c2C)ccc1N. The van der Waals surface area contributed by atoms with E-state index >= 15 is 0 Å². The molecule has 0 spiro atoms. The maximum Gasteiger partial charge on any atom is 0.255 e. The van der Waals surface area contributed by atoms with Crippen molar-refractivity contribution in [1.29, 1.82) is 0 Å². The topological polar surface area (TPSA) is 91.2 Å². The van der Waals surface area contributed by atoms with Crippen molar-refractivity contribution in [3.63, 3.8) is 0 Å². The number of carbonyl (C=O) groups excluding carboxylic acids is 1. The summed E-state index contributed by atoms with van der Waals surface area (Å²) < 4.78 is 14.9. The second-order valence-electron chi connectivity index (χ2n) is 8.76. The first-order valence-corrected chi connectivity index (χ1v) is 11.4. The highest BCUT2D eigenvalue weighted by Crippen LogP contribution is 2.32. The fourth-order valence-electron chi connectivity index (χ4n) is 4.30. The summed E-state index contributed by atoms with van der Waals surface area (Å²) in [5, 5.41) is 2.70. The van der Waals surface area contributed by atoms with E-state index in [9.17, 15) is 14.0 Å². The van der Waals surface area contributed by atoms with Crippen LogP contribution in [-0.4, -0.2) is 28.9 Å². The van der Waals surface area contributed by atoms with Gasteiger partial charge in [0.15, 0.2) is 0 Å². The van der Waals surface area contributed by atoms with Crippen molar-refractivity contribution in [3.8, 4) is 11.1 Å². The van der Waals surface area contributed by atoms with Crippen LogP contribution in [0.15, 0.2) is 60.0 Å². The van der Waals surface area contributed by atoms with Crippen LogP contribution in [0.4, 0.5) is 15.8 Å². The fraction of sp³-hybridized carbons (Fsp3) is 0.259. The minimum absolute atomic E-state index is 0.174. The van der Waals surface area contributed by atoms with Gasteiger partial charge in [-0.3, -0.25) is 14.5 Å². The molecule has 1 aromatic heterocycles. The highest BCUT2D eigenvalue weighted by atomic mass is 19.1. The molecule has 4 rings (SSSR count). The number of nitrogens with zero attached hydrogens (tertiary/aromatic N) is 1. The average Bonchev–Trinajstić information content (AvgIpc) is 2.83. The number of nitrogens with two attached hydrogens (primary N) is 1. The number of nitrogen functional groups attached to an aromatic ring is 1. The lowest BCUT2D eigenvalue weighted by atomic mass is 9.93. The van der Waals surface area contributed by atoms with Crippen molar-refractivity contribution in [1.82, 2.24) is 9.88 Å². The summed E-state index contributed by atoms with van der Waals surface area (Å²) in [6, 6.07) is 11.8. The van der Waals surface area contributed by atoms with Crippen molar-refractivity contribution >= 4 is 22.9 Å². The van der Waals surface area contributed by atoms with E-state index in [1.807, 2.05) is 12.1 Å². The number of hydrogen-bond acceptors (Lipinski definition) is 4. The van der Waals surface area contributed by atoms with Crippen molar-refractivity contribution in [2.45, 2.75) is 32.7 Å². The minimum atomic E-state index is -0.447. The number of pyridine rings is 1. The molecule has 6 nitrogen and oxygen atoms in total. The second kappa shape index (κ2) is 10.1. The van der Waals surface area contributed by atoms with E-state index in [1.54, 1.807) is 25.1 Å². The Balaban J connectivity index is 1.61.